The predicted octanol–water partition coefficient (Wildman–Crippen LogP) is 3.82. The molecule has 26 heavy (non-hydrogen) atoms. The molecule has 0 radical (unpaired) electrons. The van der Waals surface area contributed by atoms with E-state index in [0.717, 1.165) is 18.9 Å². The van der Waals surface area contributed by atoms with Crippen molar-refractivity contribution in [3.05, 3.63) is 46.5 Å². The van der Waals surface area contributed by atoms with Crippen molar-refractivity contribution in [1.82, 2.24) is 0 Å². The van der Waals surface area contributed by atoms with Crippen LogP contribution in [0.2, 0.25) is 5.02 Å². The van der Waals surface area contributed by atoms with Gasteiger partial charge in [-0.05, 0) is 43.2 Å². The van der Waals surface area contributed by atoms with Gasteiger partial charge in [-0.25, -0.2) is 4.79 Å². The van der Waals surface area contributed by atoms with Gasteiger partial charge in [0.2, 0.25) is 0 Å². The van der Waals surface area contributed by atoms with Crippen molar-refractivity contribution in [3.63, 3.8) is 0 Å². The Hall–Kier alpha value is -2.47. The molecule has 0 bridgehead atoms. The van der Waals surface area contributed by atoms with Crippen LogP contribution >= 0.6 is 11.6 Å². The van der Waals surface area contributed by atoms with Crippen LogP contribution in [-0.2, 0) is 11.2 Å². The maximum atomic E-state index is 12.6. The molecule has 6 nitrogen and oxygen atoms in total. The average Bonchev–Trinajstić information content (AvgIpc) is 3.31. The second kappa shape index (κ2) is 7.41. The normalized spacial score (nSPS) is 29.8. The SMILES string of the molecule is C[C@@H]1C[C@H]2C[C@@H]2\C=C/C=C/C(=N\O)Cc2c(Cl)c(O)cc(O)c2C(=O)O1. The number of phenols is 2. The zero-order chi connectivity index (χ0) is 18.8. The minimum absolute atomic E-state index is 0.0630. The summed E-state index contributed by atoms with van der Waals surface area (Å²) in [6.45, 7) is 1.81. The molecule has 138 valence electrons. The Labute approximate surface area is 156 Å². The first-order chi connectivity index (χ1) is 12.4. The van der Waals surface area contributed by atoms with E-state index in [1.54, 1.807) is 12.2 Å². The summed E-state index contributed by atoms with van der Waals surface area (Å²) >= 11 is 6.14. The molecule has 7 heteroatoms. The Morgan fingerprint density at radius 3 is 2.73 bits per heavy atom. The van der Waals surface area contributed by atoms with Gasteiger partial charge in [-0.1, -0.05) is 35.0 Å². The molecule has 2 aliphatic rings. The third-order valence-corrected chi connectivity index (χ3v) is 5.11. The average molecular weight is 378 g/mol. The Balaban J connectivity index is 2.05. The van der Waals surface area contributed by atoms with Crippen LogP contribution in [0, 0.1) is 11.8 Å². The van der Waals surface area contributed by atoms with Crippen molar-refractivity contribution in [2.75, 3.05) is 0 Å². The number of halogens is 1. The molecular weight excluding hydrogens is 358 g/mol. The van der Waals surface area contributed by atoms with Gasteiger partial charge in [0.05, 0.1) is 16.8 Å². The Bertz CT molecular complexity index is 815. The Kier molecular flexibility index (Phi) is 5.23. The van der Waals surface area contributed by atoms with Gasteiger partial charge < -0.3 is 20.2 Å². The van der Waals surface area contributed by atoms with E-state index in [0.29, 0.717) is 11.8 Å². The van der Waals surface area contributed by atoms with Gasteiger partial charge in [-0.2, -0.15) is 0 Å². The number of benzene rings is 1. The van der Waals surface area contributed by atoms with Crippen LogP contribution in [0.1, 0.15) is 35.7 Å². The summed E-state index contributed by atoms with van der Waals surface area (Å²) in [4.78, 5) is 12.6. The molecule has 3 rings (SSSR count). The minimum atomic E-state index is -0.724. The fraction of sp³-hybridized carbons (Fsp3) is 0.368. The number of aromatic hydroxyl groups is 2. The number of fused-ring (bicyclic) bond motifs is 2. The first kappa shape index (κ1) is 18.3. The van der Waals surface area contributed by atoms with Gasteiger partial charge in [-0.3, -0.25) is 0 Å². The van der Waals surface area contributed by atoms with Crippen LogP contribution in [0.15, 0.2) is 35.5 Å². The van der Waals surface area contributed by atoms with Crippen molar-refractivity contribution >= 4 is 23.3 Å². The van der Waals surface area contributed by atoms with Crippen LogP contribution in [0.3, 0.4) is 0 Å². The van der Waals surface area contributed by atoms with Crippen molar-refractivity contribution in [2.24, 2.45) is 17.0 Å². The van der Waals surface area contributed by atoms with Gasteiger partial charge in [-0.15, -0.1) is 0 Å². The van der Waals surface area contributed by atoms with Crippen molar-refractivity contribution < 1.29 is 25.0 Å². The van der Waals surface area contributed by atoms with Crippen molar-refractivity contribution in [3.8, 4) is 11.5 Å². The molecule has 1 heterocycles. The third-order valence-electron chi connectivity index (χ3n) is 4.69. The highest BCUT2D eigenvalue weighted by Crippen LogP contribution is 2.44. The van der Waals surface area contributed by atoms with Gasteiger partial charge in [0, 0.05) is 12.5 Å². The van der Waals surface area contributed by atoms with Gasteiger partial charge in [0.1, 0.15) is 17.1 Å². The lowest BCUT2D eigenvalue weighted by Gasteiger charge is -2.17. The molecule has 0 unspecified atom stereocenters. The highest BCUT2D eigenvalue weighted by molar-refractivity contribution is 6.33. The second-order valence-corrected chi connectivity index (χ2v) is 7.08. The fourth-order valence-corrected chi connectivity index (χ4v) is 3.47. The Morgan fingerprint density at radius 2 is 2.00 bits per heavy atom. The maximum absolute atomic E-state index is 12.6. The van der Waals surface area contributed by atoms with Crippen molar-refractivity contribution in [2.45, 2.75) is 32.3 Å². The van der Waals surface area contributed by atoms with E-state index in [1.807, 2.05) is 13.0 Å². The monoisotopic (exact) mass is 377 g/mol. The maximum Gasteiger partial charge on any atom is 0.342 e. The molecule has 1 saturated carbocycles. The summed E-state index contributed by atoms with van der Waals surface area (Å²) in [6, 6.07) is 1.00. The lowest BCUT2D eigenvalue weighted by molar-refractivity contribution is 0.0307. The molecular formula is C19H20ClNO5. The highest BCUT2D eigenvalue weighted by atomic mass is 35.5. The second-order valence-electron chi connectivity index (χ2n) is 6.71. The molecule has 3 atom stereocenters. The van der Waals surface area contributed by atoms with E-state index in [2.05, 4.69) is 11.2 Å². The number of phenolic OH excluding ortho intramolecular Hbond substituents is 2. The van der Waals surface area contributed by atoms with Gasteiger partial charge in [0.25, 0.3) is 0 Å². The van der Waals surface area contributed by atoms with E-state index in [9.17, 15) is 20.2 Å². The number of hydrogen-bond acceptors (Lipinski definition) is 6. The van der Waals surface area contributed by atoms with E-state index < -0.39 is 11.7 Å². The van der Waals surface area contributed by atoms with Crippen LogP contribution in [0.25, 0.3) is 0 Å². The zero-order valence-electron chi connectivity index (χ0n) is 14.2. The molecule has 0 aromatic heterocycles. The van der Waals surface area contributed by atoms with Crippen LogP contribution in [0.5, 0.6) is 11.5 Å². The number of nitrogens with zero attached hydrogens (tertiary/aromatic N) is 1. The topological polar surface area (TPSA) is 99.4 Å². The number of carbonyl (C=O) groups excluding carboxylic acids is 1. The van der Waals surface area contributed by atoms with Crippen LogP contribution in [-0.4, -0.2) is 33.2 Å². The standard InChI is InChI=1S/C19H20ClNO5/c1-10-6-12-7-11(12)4-2-3-5-13(21-25)8-14-17(19(24)26-10)15(22)9-16(23)18(14)20/h2-5,9-12,22-23,25H,6-8H2,1H3/b4-2-,5-3+,21-13+/t10-,11+,12+/m1/s1. The lowest BCUT2D eigenvalue weighted by atomic mass is 9.99. The first-order valence-electron chi connectivity index (χ1n) is 8.40. The quantitative estimate of drug-likeness (QED) is 0.362. The van der Waals surface area contributed by atoms with E-state index >= 15 is 0 Å². The lowest BCUT2D eigenvalue weighted by Crippen LogP contribution is -2.18. The molecule has 0 amide bonds. The summed E-state index contributed by atoms with van der Waals surface area (Å²) in [5.41, 5.74) is 0.228. The summed E-state index contributed by atoms with van der Waals surface area (Å²) < 4.78 is 5.48. The van der Waals surface area contributed by atoms with Crippen molar-refractivity contribution in [1.29, 1.82) is 0 Å². The smallest absolute Gasteiger partial charge is 0.342 e. The summed E-state index contributed by atoms with van der Waals surface area (Å²) in [5, 5.41) is 32.4. The predicted molar refractivity (Wildman–Crippen MR) is 97.1 cm³/mol. The minimum Gasteiger partial charge on any atom is -0.507 e. The Morgan fingerprint density at radius 1 is 1.23 bits per heavy atom. The molecule has 3 N–H and O–H groups in total. The largest absolute Gasteiger partial charge is 0.507 e. The van der Waals surface area contributed by atoms with E-state index in [4.69, 9.17) is 16.3 Å². The van der Waals surface area contributed by atoms with Gasteiger partial charge >= 0.3 is 5.97 Å². The number of carbonyl (C=O) groups is 1. The number of cyclic esters (lactones) is 1. The van der Waals surface area contributed by atoms with E-state index in [-0.39, 0.29) is 40.1 Å². The molecule has 1 aromatic carbocycles. The highest BCUT2D eigenvalue weighted by Gasteiger charge is 2.36. The summed E-state index contributed by atoms with van der Waals surface area (Å²) in [5.74, 6) is -0.625. The molecule has 1 fully saturated rings. The number of rotatable bonds is 0. The molecule has 1 aromatic rings. The zero-order valence-corrected chi connectivity index (χ0v) is 15.0. The van der Waals surface area contributed by atoms with E-state index in [1.165, 1.54) is 0 Å². The number of oxime groups is 1. The molecule has 1 aliphatic carbocycles. The van der Waals surface area contributed by atoms with Crippen LogP contribution < -0.4 is 0 Å². The summed E-state index contributed by atoms with van der Waals surface area (Å²) in [6.07, 6.45) is 8.67. The summed E-state index contributed by atoms with van der Waals surface area (Å²) in [7, 11) is 0. The third kappa shape index (κ3) is 3.85. The molecule has 0 saturated heterocycles. The fourth-order valence-electron chi connectivity index (χ4n) is 3.25. The molecule has 1 aliphatic heterocycles. The first-order valence-corrected chi connectivity index (χ1v) is 8.78. The number of esters is 1. The number of allylic oxidation sites excluding steroid dienone is 4. The number of ether oxygens (including phenoxy) is 1. The van der Waals surface area contributed by atoms with Gasteiger partial charge in [0.15, 0.2) is 0 Å². The van der Waals surface area contributed by atoms with Crippen LogP contribution in [0.4, 0.5) is 0 Å². The molecule has 0 spiro atoms. The number of hydrogen-bond donors (Lipinski definition) is 3.